The Morgan fingerprint density at radius 1 is 1.12 bits per heavy atom. The Bertz CT molecular complexity index is 964. The molecule has 8 heteroatoms. The van der Waals surface area contributed by atoms with E-state index in [-0.39, 0.29) is 16.5 Å². The van der Waals surface area contributed by atoms with Gasteiger partial charge in [0.25, 0.3) is 0 Å². The first-order valence-electron chi connectivity index (χ1n) is 7.71. The van der Waals surface area contributed by atoms with Gasteiger partial charge in [-0.15, -0.1) is 0 Å². The molecule has 0 amide bonds. The zero-order valence-corrected chi connectivity index (χ0v) is 15.6. The molecule has 0 spiro atoms. The van der Waals surface area contributed by atoms with Crippen molar-refractivity contribution in [2.45, 2.75) is 23.8 Å². The Morgan fingerprint density at radius 2 is 1.85 bits per heavy atom. The lowest BCUT2D eigenvalue weighted by Gasteiger charge is -2.09. The van der Waals surface area contributed by atoms with Crippen molar-refractivity contribution < 1.29 is 4.92 Å². The fourth-order valence-electron chi connectivity index (χ4n) is 2.22. The van der Waals surface area contributed by atoms with Crippen molar-refractivity contribution in [3.05, 3.63) is 75.1 Å². The van der Waals surface area contributed by atoms with Gasteiger partial charge in [-0.2, -0.15) is 0 Å². The number of nitro groups is 1. The van der Waals surface area contributed by atoms with Gasteiger partial charge < -0.3 is 5.32 Å². The summed E-state index contributed by atoms with van der Waals surface area (Å²) < 4.78 is 0. The molecule has 2 aromatic carbocycles. The van der Waals surface area contributed by atoms with Crippen LogP contribution in [0.1, 0.15) is 11.1 Å². The van der Waals surface area contributed by atoms with E-state index in [4.69, 9.17) is 11.6 Å². The SMILES string of the molecule is Cc1ccc(Sc2ncnc(Nc3ccc(C)c(Cl)c3)c2[N+](=O)[O-])cc1. The number of nitrogens with one attached hydrogen (secondary N) is 1. The second-order valence-corrected chi connectivity index (χ2v) is 7.11. The number of hydrogen-bond donors (Lipinski definition) is 1. The average Bonchev–Trinajstić information content (AvgIpc) is 2.60. The van der Waals surface area contributed by atoms with E-state index in [0.717, 1.165) is 16.0 Å². The molecule has 0 unspecified atom stereocenters. The van der Waals surface area contributed by atoms with Crippen LogP contribution in [0.25, 0.3) is 0 Å². The Balaban J connectivity index is 1.96. The molecule has 1 aromatic heterocycles. The maximum atomic E-state index is 11.6. The summed E-state index contributed by atoms with van der Waals surface area (Å²) in [5, 5.41) is 15.5. The number of halogens is 1. The molecule has 6 nitrogen and oxygen atoms in total. The predicted octanol–water partition coefficient (Wildman–Crippen LogP) is 5.55. The van der Waals surface area contributed by atoms with E-state index in [1.807, 2.05) is 44.2 Å². The van der Waals surface area contributed by atoms with E-state index in [1.54, 1.807) is 12.1 Å². The second-order valence-electron chi connectivity index (χ2n) is 5.64. The summed E-state index contributed by atoms with van der Waals surface area (Å²) in [6.07, 6.45) is 1.31. The molecular formula is C18H15ClN4O2S. The summed E-state index contributed by atoms with van der Waals surface area (Å²) in [5.74, 6) is 0.125. The standard InChI is InChI=1S/C18H15ClN4O2S/c1-11-3-7-14(8-4-11)26-18-16(23(24)25)17(20-10-21-18)22-13-6-5-12(2)15(19)9-13/h3-10H,1-2H3,(H,20,21,22). The van der Waals surface area contributed by atoms with Crippen LogP contribution >= 0.6 is 23.4 Å². The van der Waals surface area contributed by atoms with Crippen LogP contribution in [0.4, 0.5) is 17.2 Å². The summed E-state index contributed by atoms with van der Waals surface area (Å²) in [6.45, 7) is 3.87. The Morgan fingerprint density at radius 3 is 2.50 bits per heavy atom. The van der Waals surface area contributed by atoms with Crippen LogP contribution in [0.3, 0.4) is 0 Å². The molecule has 0 aliphatic rings. The molecular weight excluding hydrogens is 372 g/mol. The van der Waals surface area contributed by atoms with E-state index >= 15 is 0 Å². The molecule has 1 heterocycles. The van der Waals surface area contributed by atoms with Crippen molar-refractivity contribution in [2.75, 3.05) is 5.32 Å². The van der Waals surface area contributed by atoms with Crippen molar-refractivity contribution in [1.29, 1.82) is 0 Å². The lowest BCUT2D eigenvalue weighted by molar-refractivity contribution is -0.387. The number of aromatic nitrogens is 2. The topological polar surface area (TPSA) is 81.0 Å². The van der Waals surface area contributed by atoms with Crippen LogP contribution < -0.4 is 5.32 Å². The molecule has 0 bridgehead atoms. The van der Waals surface area contributed by atoms with Gasteiger partial charge in [0.1, 0.15) is 6.33 Å². The second kappa shape index (κ2) is 7.72. The number of aryl methyl sites for hydroxylation is 2. The maximum absolute atomic E-state index is 11.6. The summed E-state index contributed by atoms with van der Waals surface area (Å²) >= 11 is 7.35. The molecule has 1 N–H and O–H groups in total. The van der Waals surface area contributed by atoms with E-state index < -0.39 is 4.92 Å². The normalized spacial score (nSPS) is 10.6. The summed E-state index contributed by atoms with van der Waals surface area (Å²) in [6, 6.07) is 13.0. The van der Waals surface area contributed by atoms with Gasteiger partial charge in [0, 0.05) is 15.6 Å². The van der Waals surface area contributed by atoms with Crippen LogP contribution in [0, 0.1) is 24.0 Å². The molecule has 0 saturated carbocycles. The smallest absolute Gasteiger partial charge is 0.334 e. The largest absolute Gasteiger partial charge is 0.343 e. The minimum Gasteiger partial charge on any atom is -0.334 e. The van der Waals surface area contributed by atoms with Gasteiger partial charge in [0.2, 0.25) is 5.82 Å². The molecule has 26 heavy (non-hydrogen) atoms. The van der Waals surface area contributed by atoms with E-state index in [0.29, 0.717) is 10.7 Å². The average molecular weight is 387 g/mol. The third-order valence-corrected chi connectivity index (χ3v) is 5.05. The number of benzene rings is 2. The fourth-order valence-corrected chi connectivity index (χ4v) is 3.26. The van der Waals surface area contributed by atoms with Gasteiger partial charge in [-0.1, -0.05) is 47.1 Å². The van der Waals surface area contributed by atoms with Crippen molar-refractivity contribution in [2.24, 2.45) is 0 Å². The fraction of sp³-hybridized carbons (Fsp3) is 0.111. The molecule has 3 rings (SSSR count). The molecule has 0 aliphatic heterocycles. The summed E-state index contributed by atoms with van der Waals surface area (Å²) in [4.78, 5) is 20.2. The lowest BCUT2D eigenvalue weighted by atomic mass is 10.2. The monoisotopic (exact) mass is 386 g/mol. The van der Waals surface area contributed by atoms with Crippen LogP contribution in [0.2, 0.25) is 5.02 Å². The molecule has 0 radical (unpaired) electrons. The van der Waals surface area contributed by atoms with E-state index in [1.165, 1.54) is 18.1 Å². The number of nitrogens with zero attached hydrogens (tertiary/aromatic N) is 3. The van der Waals surface area contributed by atoms with Crippen LogP contribution in [-0.4, -0.2) is 14.9 Å². The van der Waals surface area contributed by atoms with Crippen LogP contribution in [0.5, 0.6) is 0 Å². The first-order chi connectivity index (χ1) is 12.4. The highest BCUT2D eigenvalue weighted by atomic mass is 35.5. The van der Waals surface area contributed by atoms with Crippen molar-refractivity contribution >= 4 is 40.6 Å². The van der Waals surface area contributed by atoms with E-state index in [2.05, 4.69) is 15.3 Å². The van der Waals surface area contributed by atoms with Crippen LogP contribution in [-0.2, 0) is 0 Å². The van der Waals surface area contributed by atoms with Gasteiger partial charge in [-0.05, 0) is 43.7 Å². The number of hydrogen-bond acceptors (Lipinski definition) is 6. The summed E-state index contributed by atoms with van der Waals surface area (Å²) in [7, 11) is 0. The highest BCUT2D eigenvalue weighted by Crippen LogP contribution is 2.37. The van der Waals surface area contributed by atoms with Gasteiger partial charge in [0.05, 0.1) is 4.92 Å². The molecule has 0 fully saturated rings. The first-order valence-corrected chi connectivity index (χ1v) is 8.90. The predicted molar refractivity (Wildman–Crippen MR) is 103 cm³/mol. The third kappa shape index (κ3) is 4.12. The Kier molecular flexibility index (Phi) is 5.39. The van der Waals surface area contributed by atoms with E-state index in [9.17, 15) is 10.1 Å². The third-order valence-electron chi connectivity index (χ3n) is 3.64. The Labute approximate surface area is 159 Å². The first kappa shape index (κ1) is 18.2. The minimum atomic E-state index is -0.478. The molecule has 3 aromatic rings. The molecule has 0 saturated heterocycles. The van der Waals surface area contributed by atoms with Crippen molar-refractivity contribution in [1.82, 2.24) is 9.97 Å². The van der Waals surface area contributed by atoms with Gasteiger partial charge >= 0.3 is 5.69 Å². The maximum Gasteiger partial charge on any atom is 0.343 e. The number of anilines is 2. The summed E-state index contributed by atoms with van der Waals surface area (Å²) in [5.41, 5.74) is 2.48. The lowest BCUT2D eigenvalue weighted by Crippen LogP contribution is -2.03. The highest BCUT2D eigenvalue weighted by Gasteiger charge is 2.24. The highest BCUT2D eigenvalue weighted by molar-refractivity contribution is 7.99. The van der Waals surface area contributed by atoms with Crippen molar-refractivity contribution in [3.63, 3.8) is 0 Å². The van der Waals surface area contributed by atoms with Gasteiger partial charge in [-0.25, -0.2) is 9.97 Å². The van der Waals surface area contributed by atoms with Crippen molar-refractivity contribution in [3.8, 4) is 0 Å². The molecule has 0 aliphatic carbocycles. The van der Waals surface area contributed by atoms with Crippen LogP contribution in [0.15, 0.2) is 58.7 Å². The zero-order chi connectivity index (χ0) is 18.7. The molecule has 132 valence electrons. The molecule has 0 atom stereocenters. The van der Waals surface area contributed by atoms with Gasteiger partial charge in [-0.3, -0.25) is 10.1 Å². The minimum absolute atomic E-state index is 0.125. The Hall–Kier alpha value is -2.64. The van der Waals surface area contributed by atoms with Gasteiger partial charge in [0.15, 0.2) is 5.03 Å². The number of rotatable bonds is 5. The zero-order valence-electron chi connectivity index (χ0n) is 14.1. The quantitative estimate of drug-likeness (QED) is 0.351.